The first-order valence-corrected chi connectivity index (χ1v) is 8.13. The SMILES string of the molecule is O=C(NC1CCN(C(=O)CC2CNCCO2)CC1)C1CC1. The summed E-state index contributed by atoms with van der Waals surface area (Å²) in [6.45, 7) is 3.81. The monoisotopic (exact) mass is 295 g/mol. The molecule has 118 valence electrons. The van der Waals surface area contributed by atoms with Crippen molar-refractivity contribution in [2.24, 2.45) is 5.92 Å². The summed E-state index contributed by atoms with van der Waals surface area (Å²) in [6.07, 6.45) is 4.30. The molecule has 0 aromatic rings. The number of ether oxygens (including phenoxy) is 1. The van der Waals surface area contributed by atoms with Crippen LogP contribution in [0.5, 0.6) is 0 Å². The third-order valence-electron chi connectivity index (χ3n) is 4.55. The second kappa shape index (κ2) is 6.75. The Bertz CT molecular complexity index is 384. The summed E-state index contributed by atoms with van der Waals surface area (Å²) in [6, 6.07) is 0.245. The van der Waals surface area contributed by atoms with Gasteiger partial charge in [-0.25, -0.2) is 0 Å². The van der Waals surface area contributed by atoms with E-state index in [-0.39, 0.29) is 29.9 Å². The van der Waals surface area contributed by atoms with Gasteiger partial charge in [-0.15, -0.1) is 0 Å². The molecule has 2 N–H and O–H groups in total. The summed E-state index contributed by atoms with van der Waals surface area (Å²) < 4.78 is 5.58. The van der Waals surface area contributed by atoms with Crippen LogP contribution in [0.3, 0.4) is 0 Å². The van der Waals surface area contributed by atoms with E-state index in [9.17, 15) is 9.59 Å². The molecule has 21 heavy (non-hydrogen) atoms. The van der Waals surface area contributed by atoms with Gasteiger partial charge in [0.25, 0.3) is 0 Å². The van der Waals surface area contributed by atoms with Crippen LogP contribution in [0.25, 0.3) is 0 Å². The van der Waals surface area contributed by atoms with Gasteiger partial charge in [0.15, 0.2) is 0 Å². The van der Waals surface area contributed by atoms with Gasteiger partial charge in [0.2, 0.25) is 11.8 Å². The molecule has 3 fully saturated rings. The molecule has 0 bridgehead atoms. The Kier molecular flexibility index (Phi) is 4.75. The first-order valence-electron chi connectivity index (χ1n) is 8.13. The third kappa shape index (κ3) is 4.17. The lowest BCUT2D eigenvalue weighted by Gasteiger charge is -2.33. The fourth-order valence-electron chi connectivity index (χ4n) is 3.01. The van der Waals surface area contributed by atoms with Crippen molar-refractivity contribution in [2.45, 2.75) is 44.2 Å². The van der Waals surface area contributed by atoms with Gasteiger partial charge in [-0.3, -0.25) is 9.59 Å². The predicted octanol–water partition coefficient (Wildman–Crippen LogP) is -0.118. The van der Waals surface area contributed by atoms with E-state index in [4.69, 9.17) is 4.74 Å². The summed E-state index contributed by atoms with van der Waals surface area (Å²) in [5.41, 5.74) is 0. The number of carbonyl (C=O) groups excluding carboxylic acids is 2. The molecule has 0 spiro atoms. The maximum absolute atomic E-state index is 12.2. The number of rotatable bonds is 4. The molecule has 3 rings (SSSR count). The van der Waals surface area contributed by atoms with E-state index in [2.05, 4.69) is 10.6 Å². The van der Waals surface area contributed by atoms with Crippen molar-refractivity contribution in [3.05, 3.63) is 0 Å². The highest BCUT2D eigenvalue weighted by atomic mass is 16.5. The van der Waals surface area contributed by atoms with Crippen LogP contribution in [-0.4, -0.2) is 61.6 Å². The zero-order valence-corrected chi connectivity index (χ0v) is 12.5. The Morgan fingerprint density at radius 3 is 2.57 bits per heavy atom. The zero-order valence-electron chi connectivity index (χ0n) is 12.5. The van der Waals surface area contributed by atoms with Crippen LogP contribution in [0.15, 0.2) is 0 Å². The minimum Gasteiger partial charge on any atom is -0.375 e. The van der Waals surface area contributed by atoms with Crippen LogP contribution in [0.1, 0.15) is 32.1 Å². The second-order valence-corrected chi connectivity index (χ2v) is 6.34. The molecule has 1 unspecified atom stereocenters. The molecule has 3 aliphatic rings. The van der Waals surface area contributed by atoms with Gasteiger partial charge in [-0.1, -0.05) is 0 Å². The molecule has 2 amide bonds. The Hall–Kier alpha value is -1.14. The lowest BCUT2D eigenvalue weighted by molar-refractivity contribution is -0.135. The lowest BCUT2D eigenvalue weighted by Crippen LogP contribution is -2.48. The minimum absolute atomic E-state index is 0.0125. The van der Waals surface area contributed by atoms with Crippen molar-refractivity contribution in [1.29, 1.82) is 0 Å². The standard InChI is InChI=1S/C15H25N3O3/c19-14(9-13-10-16-5-8-21-13)18-6-3-12(4-7-18)17-15(20)11-1-2-11/h11-13,16H,1-10H2,(H,17,20). The molecule has 6 nitrogen and oxygen atoms in total. The van der Waals surface area contributed by atoms with Crippen LogP contribution < -0.4 is 10.6 Å². The zero-order chi connectivity index (χ0) is 14.7. The molecular weight excluding hydrogens is 270 g/mol. The smallest absolute Gasteiger partial charge is 0.225 e. The van der Waals surface area contributed by atoms with Gasteiger partial charge in [0.05, 0.1) is 19.1 Å². The molecule has 6 heteroatoms. The van der Waals surface area contributed by atoms with E-state index in [1.165, 1.54) is 0 Å². The van der Waals surface area contributed by atoms with Crippen LogP contribution in [0.2, 0.25) is 0 Å². The number of nitrogens with zero attached hydrogens (tertiary/aromatic N) is 1. The van der Waals surface area contributed by atoms with Crippen molar-refractivity contribution >= 4 is 11.8 Å². The van der Waals surface area contributed by atoms with E-state index in [0.717, 1.165) is 51.9 Å². The average Bonchev–Trinajstić information content (AvgIpc) is 3.33. The number of morpholine rings is 1. The maximum atomic E-state index is 12.2. The van der Waals surface area contributed by atoms with Crippen LogP contribution >= 0.6 is 0 Å². The van der Waals surface area contributed by atoms with Gasteiger partial charge in [0.1, 0.15) is 0 Å². The summed E-state index contributed by atoms with van der Waals surface area (Å²) in [4.78, 5) is 25.9. The molecule has 2 saturated heterocycles. The molecular formula is C15H25N3O3. The van der Waals surface area contributed by atoms with E-state index < -0.39 is 0 Å². The van der Waals surface area contributed by atoms with E-state index >= 15 is 0 Å². The Balaban J connectivity index is 1.37. The highest BCUT2D eigenvalue weighted by Crippen LogP contribution is 2.29. The molecule has 1 atom stereocenters. The Morgan fingerprint density at radius 2 is 1.95 bits per heavy atom. The van der Waals surface area contributed by atoms with Crippen molar-refractivity contribution in [3.8, 4) is 0 Å². The largest absolute Gasteiger partial charge is 0.375 e. The van der Waals surface area contributed by atoms with Gasteiger partial charge in [0, 0.05) is 38.1 Å². The van der Waals surface area contributed by atoms with Gasteiger partial charge >= 0.3 is 0 Å². The first-order chi connectivity index (χ1) is 10.2. The molecule has 1 aliphatic carbocycles. The summed E-state index contributed by atoms with van der Waals surface area (Å²) in [5, 5.41) is 6.36. The van der Waals surface area contributed by atoms with Crippen LogP contribution in [0.4, 0.5) is 0 Å². The van der Waals surface area contributed by atoms with E-state index in [0.29, 0.717) is 13.0 Å². The molecule has 0 aromatic carbocycles. The fraction of sp³-hybridized carbons (Fsp3) is 0.867. The molecule has 1 saturated carbocycles. The second-order valence-electron chi connectivity index (χ2n) is 6.34. The third-order valence-corrected chi connectivity index (χ3v) is 4.55. The van der Waals surface area contributed by atoms with E-state index in [1.807, 2.05) is 4.90 Å². The summed E-state index contributed by atoms with van der Waals surface area (Å²) >= 11 is 0. The van der Waals surface area contributed by atoms with Crippen molar-refractivity contribution < 1.29 is 14.3 Å². The van der Waals surface area contributed by atoms with Gasteiger partial charge < -0.3 is 20.3 Å². The first kappa shape index (κ1) is 14.8. The molecule has 0 radical (unpaired) electrons. The highest BCUT2D eigenvalue weighted by molar-refractivity contribution is 5.81. The Labute approximate surface area is 125 Å². The van der Waals surface area contributed by atoms with Crippen molar-refractivity contribution in [3.63, 3.8) is 0 Å². The number of amides is 2. The van der Waals surface area contributed by atoms with Gasteiger partial charge in [-0.2, -0.15) is 0 Å². The van der Waals surface area contributed by atoms with E-state index in [1.54, 1.807) is 0 Å². The van der Waals surface area contributed by atoms with Gasteiger partial charge in [-0.05, 0) is 25.7 Å². The predicted molar refractivity (Wildman–Crippen MR) is 77.7 cm³/mol. The Morgan fingerprint density at radius 1 is 1.19 bits per heavy atom. The summed E-state index contributed by atoms with van der Waals surface area (Å²) in [5.74, 6) is 0.651. The van der Waals surface area contributed by atoms with Crippen LogP contribution in [0, 0.1) is 5.92 Å². The highest BCUT2D eigenvalue weighted by Gasteiger charge is 2.32. The number of carbonyl (C=O) groups is 2. The quantitative estimate of drug-likeness (QED) is 0.759. The fourth-order valence-corrected chi connectivity index (χ4v) is 3.01. The maximum Gasteiger partial charge on any atom is 0.225 e. The molecule has 2 aliphatic heterocycles. The number of likely N-dealkylation sites (tertiary alicyclic amines) is 1. The minimum atomic E-state index is 0.0125. The number of nitrogens with one attached hydrogen (secondary N) is 2. The number of hydrogen-bond acceptors (Lipinski definition) is 4. The number of piperidine rings is 1. The molecule has 0 aromatic heterocycles. The molecule has 2 heterocycles. The number of hydrogen-bond donors (Lipinski definition) is 2. The summed E-state index contributed by atoms with van der Waals surface area (Å²) in [7, 11) is 0. The normalized spacial score (nSPS) is 27.4. The topological polar surface area (TPSA) is 70.7 Å². The lowest BCUT2D eigenvalue weighted by atomic mass is 10.0. The van der Waals surface area contributed by atoms with Crippen LogP contribution in [-0.2, 0) is 14.3 Å². The van der Waals surface area contributed by atoms with Crippen molar-refractivity contribution in [2.75, 3.05) is 32.8 Å². The van der Waals surface area contributed by atoms with Crippen molar-refractivity contribution in [1.82, 2.24) is 15.5 Å². The average molecular weight is 295 g/mol.